The fourth-order valence-corrected chi connectivity index (χ4v) is 2.09. The molecule has 0 radical (unpaired) electrons. The van der Waals surface area contributed by atoms with Crippen molar-refractivity contribution >= 4 is 5.97 Å². The zero-order chi connectivity index (χ0) is 14.7. The highest BCUT2D eigenvalue weighted by molar-refractivity contribution is 5.75. The van der Waals surface area contributed by atoms with E-state index in [2.05, 4.69) is 0 Å². The van der Waals surface area contributed by atoms with Crippen molar-refractivity contribution in [1.82, 2.24) is 0 Å². The predicted octanol–water partition coefficient (Wildman–Crippen LogP) is 3.44. The molecule has 0 spiro atoms. The molecule has 0 saturated heterocycles. The quantitative estimate of drug-likeness (QED) is 0.929. The Labute approximate surface area is 116 Å². The number of hydrogen-bond acceptors (Lipinski definition) is 2. The Kier molecular flexibility index (Phi) is 4.03. The van der Waals surface area contributed by atoms with Crippen molar-refractivity contribution in [2.24, 2.45) is 0 Å². The summed E-state index contributed by atoms with van der Waals surface area (Å²) in [6.07, 6.45) is -0.107. The number of hydrogen-bond donors (Lipinski definition) is 1. The lowest BCUT2D eigenvalue weighted by Gasteiger charge is -2.11. The largest absolute Gasteiger partial charge is 0.496 e. The molecule has 104 valence electrons. The average molecular weight is 274 g/mol. The third-order valence-corrected chi connectivity index (χ3v) is 3.03. The van der Waals surface area contributed by atoms with E-state index in [0.717, 1.165) is 5.56 Å². The number of halogens is 1. The van der Waals surface area contributed by atoms with Gasteiger partial charge in [0, 0.05) is 11.1 Å². The van der Waals surface area contributed by atoms with E-state index < -0.39 is 5.97 Å². The molecular weight excluding hydrogens is 259 g/mol. The van der Waals surface area contributed by atoms with Gasteiger partial charge in [-0.05, 0) is 36.2 Å². The number of aliphatic carboxylic acids is 1. The number of ether oxygens (including phenoxy) is 1. The number of rotatable bonds is 4. The van der Waals surface area contributed by atoms with Crippen molar-refractivity contribution in [3.63, 3.8) is 0 Å². The minimum Gasteiger partial charge on any atom is -0.496 e. The van der Waals surface area contributed by atoms with E-state index in [1.807, 2.05) is 13.0 Å². The van der Waals surface area contributed by atoms with Crippen LogP contribution in [0.5, 0.6) is 5.75 Å². The number of carboxylic acid groups (broad SMARTS) is 1. The number of carboxylic acids is 1. The molecule has 0 aromatic heterocycles. The van der Waals surface area contributed by atoms with Gasteiger partial charge in [-0.2, -0.15) is 0 Å². The summed E-state index contributed by atoms with van der Waals surface area (Å²) in [5, 5.41) is 8.84. The highest BCUT2D eigenvalue weighted by Gasteiger charge is 2.12. The Morgan fingerprint density at radius 1 is 1.20 bits per heavy atom. The molecular formula is C16H15FO3. The summed E-state index contributed by atoms with van der Waals surface area (Å²) >= 11 is 0. The van der Waals surface area contributed by atoms with Crippen LogP contribution in [0.15, 0.2) is 36.4 Å². The molecule has 2 rings (SSSR count). The minimum absolute atomic E-state index is 0.107. The first kappa shape index (κ1) is 14.1. The van der Waals surface area contributed by atoms with Gasteiger partial charge in [0.25, 0.3) is 0 Å². The standard InChI is InChI=1S/C16H15FO3/c1-10-3-5-12(14(17)7-10)13-8-11(9-16(18)19)4-6-15(13)20-2/h3-8H,9H2,1-2H3,(H,18,19). The van der Waals surface area contributed by atoms with Gasteiger partial charge in [-0.15, -0.1) is 0 Å². The van der Waals surface area contributed by atoms with Crippen LogP contribution >= 0.6 is 0 Å². The number of methoxy groups -OCH3 is 1. The molecule has 0 heterocycles. The van der Waals surface area contributed by atoms with Gasteiger partial charge in [-0.25, -0.2) is 4.39 Å². The third-order valence-electron chi connectivity index (χ3n) is 3.03. The summed E-state index contributed by atoms with van der Waals surface area (Å²) in [4.78, 5) is 10.8. The van der Waals surface area contributed by atoms with Crippen molar-refractivity contribution < 1.29 is 19.0 Å². The Morgan fingerprint density at radius 3 is 2.55 bits per heavy atom. The van der Waals surface area contributed by atoms with Crippen molar-refractivity contribution in [3.05, 3.63) is 53.3 Å². The van der Waals surface area contributed by atoms with Crippen molar-refractivity contribution in [2.75, 3.05) is 7.11 Å². The lowest BCUT2D eigenvalue weighted by molar-refractivity contribution is -0.136. The van der Waals surface area contributed by atoms with Crippen LogP contribution in [-0.4, -0.2) is 18.2 Å². The van der Waals surface area contributed by atoms with E-state index in [1.54, 1.807) is 24.3 Å². The molecule has 0 saturated carbocycles. The molecule has 2 aromatic carbocycles. The van der Waals surface area contributed by atoms with E-state index >= 15 is 0 Å². The Hall–Kier alpha value is -2.36. The lowest BCUT2D eigenvalue weighted by atomic mass is 9.99. The van der Waals surface area contributed by atoms with Gasteiger partial charge in [0.15, 0.2) is 0 Å². The molecule has 0 unspecified atom stereocenters. The second kappa shape index (κ2) is 5.74. The Bertz CT molecular complexity index is 650. The average Bonchev–Trinajstić information content (AvgIpc) is 2.38. The Balaban J connectivity index is 2.55. The molecule has 0 aliphatic rings. The van der Waals surface area contributed by atoms with Crippen molar-refractivity contribution in [2.45, 2.75) is 13.3 Å². The van der Waals surface area contributed by atoms with Gasteiger partial charge in [0.2, 0.25) is 0 Å². The molecule has 3 nitrogen and oxygen atoms in total. The summed E-state index contributed by atoms with van der Waals surface area (Å²) < 4.78 is 19.3. The minimum atomic E-state index is -0.925. The molecule has 0 aliphatic carbocycles. The van der Waals surface area contributed by atoms with E-state index in [4.69, 9.17) is 9.84 Å². The van der Waals surface area contributed by atoms with Crippen LogP contribution in [0, 0.1) is 12.7 Å². The molecule has 1 N–H and O–H groups in total. The molecule has 0 amide bonds. The predicted molar refractivity (Wildman–Crippen MR) is 74.5 cm³/mol. The molecule has 20 heavy (non-hydrogen) atoms. The molecule has 0 atom stereocenters. The summed E-state index contributed by atoms with van der Waals surface area (Å²) in [5.41, 5.74) is 2.39. The van der Waals surface area contributed by atoms with Crippen LogP contribution in [-0.2, 0) is 11.2 Å². The van der Waals surface area contributed by atoms with Crippen LogP contribution < -0.4 is 4.74 Å². The van der Waals surface area contributed by atoms with Crippen LogP contribution in [0.2, 0.25) is 0 Å². The zero-order valence-corrected chi connectivity index (χ0v) is 11.3. The normalized spacial score (nSPS) is 10.3. The van der Waals surface area contributed by atoms with E-state index in [0.29, 0.717) is 22.4 Å². The SMILES string of the molecule is COc1ccc(CC(=O)O)cc1-c1ccc(C)cc1F. The van der Waals surface area contributed by atoms with Crippen LogP contribution in [0.25, 0.3) is 11.1 Å². The van der Waals surface area contributed by atoms with Gasteiger partial charge in [-0.1, -0.05) is 18.2 Å². The second-order valence-corrected chi connectivity index (χ2v) is 4.59. The molecule has 2 aromatic rings. The van der Waals surface area contributed by atoms with Gasteiger partial charge >= 0.3 is 5.97 Å². The number of aryl methyl sites for hydroxylation is 1. The lowest BCUT2D eigenvalue weighted by Crippen LogP contribution is -2.01. The van der Waals surface area contributed by atoms with E-state index in [9.17, 15) is 9.18 Å². The smallest absolute Gasteiger partial charge is 0.307 e. The first-order valence-corrected chi connectivity index (χ1v) is 6.16. The molecule has 0 aliphatic heterocycles. The van der Waals surface area contributed by atoms with E-state index in [-0.39, 0.29) is 12.2 Å². The van der Waals surface area contributed by atoms with Gasteiger partial charge in [0.1, 0.15) is 11.6 Å². The second-order valence-electron chi connectivity index (χ2n) is 4.59. The highest BCUT2D eigenvalue weighted by Crippen LogP contribution is 2.33. The van der Waals surface area contributed by atoms with Gasteiger partial charge < -0.3 is 9.84 Å². The fraction of sp³-hybridized carbons (Fsp3) is 0.188. The summed E-state index contributed by atoms with van der Waals surface area (Å²) in [6, 6.07) is 9.91. The first-order valence-electron chi connectivity index (χ1n) is 6.16. The zero-order valence-electron chi connectivity index (χ0n) is 11.3. The number of carbonyl (C=O) groups is 1. The highest BCUT2D eigenvalue weighted by atomic mass is 19.1. The van der Waals surface area contributed by atoms with Crippen LogP contribution in [0.1, 0.15) is 11.1 Å². The summed E-state index contributed by atoms with van der Waals surface area (Å²) in [6.45, 7) is 1.81. The maximum absolute atomic E-state index is 14.1. The fourth-order valence-electron chi connectivity index (χ4n) is 2.09. The van der Waals surface area contributed by atoms with Gasteiger partial charge in [-0.3, -0.25) is 4.79 Å². The Morgan fingerprint density at radius 2 is 1.95 bits per heavy atom. The maximum Gasteiger partial charge on any atom is 0.307 e. The summed E-state index contributed by atoms with van der Waals surface area (Å²) in [5.74, 6) is -0.761. The summed E-state index contributed by atoms with van der Waals surface area (Å²) in [7, 11) is 1.50. The first-order chi connectivity index (χ1) is 9.51. The maximum atomic E-state index is 14.1. The third kappa shape index (κ3) is 2.96. The van der Waals surface area contributed by atoms with E-state index in [1.165, 1.54) is 13.2 Å². The van der Waals surface area contributed by atoms with Crippen molar-refractivity contribution in [3.8, 4) is 16.9 Å². The monoisotopic (exact) mass is 274 g/mol. The van der Waals surface area contributed by atoms with Crippen LogP contribution in [0.4, 0.5) is 4.39 Å². The topological polar surface area (TPSA) is 46.5 Å². The molecule has 4 heteroatoms. The van der Waals surface area contributed by atoms with Gasteiger partial charge in [0.05, 0.1) is 13.5 Å². The number of benzene rings is 2. The molecule has 0 fully saturated rings. The molecule has 0 bridgehead atoms. The van der Waals surface area contributed by atoms with Crippen LogP contribution in [0.3, 0.4) is 0 Å². The van der Waals surface area contributed by atoms with Crippen molar-refractivity contribution in [1.29, 1.82) is 0 Å².